The highest BCUT2D eigenvalue weighted by molar-refractivity contribution is 5.91. The van der Waals surface area contributed by atoms with Gasteiger partial charge in [-0.2, -0.15) is 22.0 Å². The van der Waals surface area contributed by atoms with E-state index in [1.54, 1.807) is 6.92 Å². The van der Waals surface area contributed by atoms with E-state index in [2.05, 4.69) is 9.47 Å². The van der Waals surface area contributed by atoms with Gasteiger partial charge in [0.2, 0.25) is 6.79 Å². The van der Waals surface area contributed by atoms with Crippen LogP contribution in [0.25, 0.3) is 0 Å². The van der Waals surface area contributed by atoms with Crippen LogP contribution in [-0.4, -0.2) is 43.4 Å². The number of carbonyl (C=O) groups is 3. The molecule has 6 nitrogen and oxygen atoms in total. The first-order valence-electron chi connectivity index (χ1n) is 8.10. The maximum Gasteiger partial charge on any atom is 0.456 e. The van der Waals surface area contributed by atoms with Gasteiger partial charge in [0.25, 0.3) is 0 Å². The lowest BCUT2D eigenvalue weighted by atomic mass is 9.75. The lowest BCUT2D eigenvalue weighted by molar-refractivity contribution is -0.294. The molecule has 27 heavy (non-hydrogen) atoms. The largest absolute Gasteiger partial charge is 0.458 e. The number of hydrogen-bond acceptors (Lipinski definition) is 6. The first-order valence-corrected chi connectivity index (χ1v) is 8.10. The number of halogens is 5. The molecule has 0 saturated heterocycles. The standard InChI is InChI=1S/C16H23F5O6/c1-5-10(14(3,4)6-2)13(24)27-9-26-12(23)7-11(22)25-8-15(17,18)16(19,20)21/h10H,5-9H2,1-4H3. The predicted octanol–water partition coefficient (Wildman–Crippen LogP) is 3.62. The van der Waals surface area contributed by atoms with Gasteiger partial charge in [-0.05, 0) is 11.8 Å². The summed E-state index contributed by atoms with van der Waals surface area (Å²) < 4.78 is 73.8. The number of esters is 3. The number of hydrogen-bond donors (Lipinski definition) is 0. The van der Waals surface area contributed by atoms with Gasteiger partial charge >= 0.3 is 30.0 Å². The van der Waals surface area contributed by atoms with Crippen molar-refractivity contribution in [2.45, 2.75) is 59.1 Å². The third-order valence-corrected chi connectivity index (χ3v) is 4.09. The molecule has 0 aliphatic rings. The fourth-order valence-electron chi connectivity index (χ4n) is 2.01. The van der Waals surface area contributed by atoms with Crippen molar-refractivity contribution >= 4 is 17.9 Å². The molecule has 0 saturated carbocycles. The molecule has 0 rings (SSSR count). The Morgan fingerprint density at radius 2 is 1.41 bits per heavy atom. The predicted molar refractivity (Wildman–Crippen MR) is 81.5 cm³/mol. The Morgan fingerprint density at radius 1 is 0.889 bits per heavy atom. The molecule has 0 heterocycles. The van der Waals surface area contributed by atoms with Gasteiger partial charge in [-0.25, -0.2) is 0 Å². The van der Waals surface area contributed by atoms with Crippen LogP contribution in [0.15, 0.2) is 0 Å². The first kappa shape index (κ1) is 25.1. The number of carbonyl (C=O) groups excluding carboxylic acids is 3. The van der Waals surface area contributed by atoms with E-state index in [1.807, 2.05) is 20.8 Å². The lowest BCUT2D eigenvalue weighted by Gasteiger charge is -2.30. The topological polar surface area (TPSA) is 78.9 Å². The first-order chi connectivity index (χ1) is 12.2. The molecule has 0 spiro atoms. The Hall–Kier alpha value is -1.94. The van der Waals surface area contributed by atoms with Gasteiger partial charge < -0.3 is 14.2 Å². The van der Waals surface area contributed by atoms with Gasteiger partial charge in [0.15, 0.2) is 6.61 Å². The third-order valence-electron chi connectivity index (χ3n) is 4.09. The molecular formula is C16H23F5O6. The maximum absolute atomic E-state index is 12.6. The molecule has 158 valence electrons. The van der Waals surface area contributed by atoms with Gasteiger partial charge in [0.05, 0.1) is 5.92 Å². The quantitative estimate of drug-likeness (QED) is 0.239. The van der Waals surface area contributed by atoms with Crippen LogP contribution in [-0.2, 0) is 28.6 Å². The van der Waals surface area contributed by atoms with Crippen molar-refractivity contribution < 1.29 is 50.5 Å². The van der Waals surface area contributed by atoms with Crippen molar-refractivity contribution in [3.63, 3.8) is 0 Å². The zero-order chi connectivity index (χ0) is 21.5. The van der Waals surface area contributed by atoms with Crippen molar-refractivity contribution in [1.29, 1.82) is 0 Å². The van der Waals surface area contributed by atoms with Crippen LogP contribution in [0.2, 0.25) is 0 Å². The average Bonchev–Trinajstić information content (AvgIpc) is 2.52. The van der Waals surface area contributed by atoms with Crippen molar-refractivity contribution in [2.75, 3.05) is 13.4 Å². The smallest absolute Gasteiger partial charge is 0.456 e. The van der Waals surface area contributed by atoms with Crippen LogP contribution in [0.4, 0.5) is 22.0 Å². The van der Waals surface area contributed by atoms with E-state index in [9.17, 15) is 36.3 Å². The van der Waals surface area contributed by atoms with Crippen LogP contribution >= 0.6 is 0 Å². The minimum absolute atomic E-state index is 0.358. The second-order valence-electron chi connectivity index (χ2n) is 6.44. The van der Waals surface area contributed by atoms with Gasteiger partial charge in [-0.1, -0.05) is 34.1 Å². The summed E-state index contributed by atoms with van der Waals surface area (Å²) in [7, 11) is 0. The molecule has 1 atom stereocenters. The Labute approximate surface area is 153 Å². The van der Waals surface area contributed by atoms with E-state index < -0.39 is 55.7 Å². The van der Waals surface area contributed by atoms with E-state index in [4.69, 9.17) is 4.74 Å². The van der Waals surface area contributed by atoms with Crippen molar-refractivity contribution in [2.24, 2.45) is 11.3 Å². The summed E-state index contributed by atoms with van der Waals surface area (Å²) in [5.74, 6) is -9.25. The van der Waals surface area contributed by atoms with Crippen molar-refractivity contribution in [3.05, 3.63) is 0 Å². The van der Waals surface area contributed by atoms with Crippen LogP contribution in [0.1, 0.15) is 47.0 Å². The zero-order valence-electron chi connectivity index (χ0n) is 15.5. The molecule has 0 aromatic rings. The lowest BCUT2D eigenvalue weighted by Crippen LogP contribution is -2.41. The van der Waals surface area contributed by atoms with E-state index >= 15 is 0 Å². The number of ether oxygens (including phenoxy) is 3. The Bertz CT molecular complexity index is 530. The summed E-state index contributed by atoms with van der Waals surface area (Å²) in [5, 5.41) is 0. The molecule has 0 radical (unpaired) electrons. The molecule has 0 aliphatic carbocycles. The highest BCUT2D eigenvalue weighted by atomic mass is 19.4. The highest BCUT2D eigenvalue weighted by Crippen LogP contribution is 2.35. The normalized spacial score (nSPS) is 13.7. The van der Waals surface area contributed by atoms with Gasteiger partial charge in [-0.3, -0.25) is 14.4 Å². The van der Waals surface area contributed by atoms with Crippen LogP contribution in [0, 0.1) is 11.3 Å². The third kappa shape index (κ3) is 8.08. The summed E-state index contributed by atoms with van der Waals surface area (Å²) in [6.45, 7) is 4.33. The summed E-state index contributed by atoms with van der Waals surface area (Å²) in [6, 6.07) is 0. The molecule has 0 N–H and O–H groups in total. The zero-order valence-corrected chi connectivity index (χ0v) is 15.5. The fourth-order valence-corrected chi connectivity index (χ4v) is 2.01. The molecule has 11 heteroatoms. The Morgan fingerprint density at radius 3 is 1.85 bits per heavy atom. The molecule has 0 aromatic heterocycles. The SMILES string of the molecule is CCC(C(=O)OCOC(=O)CC(=O)OCC(F)(F)C(F)(F)F)C(C)(C)CC. The highest BCUT2D eigenvalue weighted by Gasteiger charge is 2.58. The average molecular weight is 406 g/mol. The summed E-state index contributed by atoms with van der Waals surface area (Å²) in [6.07, 6.45) is -5.92. The monoisotopic (exact) mass is 406 g/mol. The summed E-state index contributed by atoms with van der Waals surface area (Å²) in [4.78, 5) is 34.4. The Kier molecular flexibility index (Phi) is 9.13. The molecule has 1 unspecified atom stereocenters. The van der Waals surface area contributed by atoms with Gasteiger partial charge in [0, 0.05) is 0 Å². The molecule has 0 aromatic carbocycles. The second kappa shape index (κ2) is 9.84. The molecular weight excluding hydrogens is 383 g/mol. The second-order valence-corrected chi connectivity index (χ2v) is 6.44. The number of rotatable bonds is 10. The van der Waals surface area contributed by atoms with Gasteiger partial charge in [0.1, 0.15) is 6.42 Å². The van der Waals surface area contributed by atoms with Crippen LogP contribution < -0.4 is 0 Å². The van der Waals surface area contributed by atoms with E-state index in [0.717, 1.165) is 0 Å². The number of alkyl halides is 5. The summed E-state index contributed by atoms with van der Waals surface area (Å²) >= 11 is 0. The van der Waals surface area contributed by atoms with E-state index in [1.165, 1.54) is 0 Å². The van der Waals surface area contributed by atoms with Crippen molar-refractivity contribution in [3.8, 4) is 0 Å². The minimum Gasteiger partial charge on any atom is -0.458 e. The molecule has 0 fully saturated rings. The Balaban J connectivity index is 4.34. The minimum atomic E-state index is -5.88. The van der Waals surface area contributed by atoms with E-state index in [0.29, 0.717) is 12.8 Å². The van der Waals surface area contributed by atoms with E-state index in [-0.39, 0.29) is 5.41 Å². The molecule has 0 amide bonds. The van der Waals surface area contributed by atoms with Crippen molar-refractivity contribution in [1.82, 2.24) is 0 Å². The van der Waals surface area contributed by atoms with Gasteiger partial charge in [-0.15, -0.1) is 0 Å². The molecule has 0 bridgehead atoms. The molecule has 0 aliphatic heterocycles. The van der Waals surface area contributed by atoms with Crippen LogP contribution in [0.3, 0.4) is 0 Å². The van der Waals surface area contributed by atoms with Crippen LogP contribution in [0.5, 0.6) is 0 Å². The fraction of sp³-hybridized carbons (Fsp3) is 0.812. The summed E-state index contributed by atoms with van der Waals surface area (Å²) in [5.41, 5.74) is -0.358. The maximum atomic E-state index is 12.6.